The summed E-state index contributed by atoms with van der Waals surface area (Å²) < 4.78 is 24.6. The van der Waals surface area contributed by atoms with Crippen LogP contribution in [0, 0.1) is 0 Å². The Morgan fingerprint density at radius 3 is 2.70 bits per heavy atom. The molecular formula is C18H25N5O3S. The molecule has 4 rings (SSSR count). The Kier molecular flexibility index (Phi) is 4.79. The first-order chi connectivity index (χ1) is 12.9. The zero-order valence-electron chi connectivity index (χ0n) is 15.5. The van der Waals surface area contributed by atoms with E-state index in [1.165, 1.54) is 12.8 Å². The van der Waals surface area contributed by atoms with Crippen molar-refractivity contribution in [3.8, 4) is 0 Å². The van der Waals surface area contributed by atoms with Crippen molar-refractivity contribution in [2.75, 3.05) is 43.1 Å². The maximum Gasteiger partial charge on any atom is 0.237 e. The van der Waals surface area contributed by atoms with Crippen LogP contribution in [0.3, 0.4) is 0 Å². The number of fused-ring (bicyclic) bond motifs is 1. The van der Waals surface area contributed by atoms with Gasteiger partial charge in [0.1, 0.15) is 5.75 Å². The lowest BCUT2D eigenvalue weighted by Gasteiger charge is -2.31. The topological polar surface area (TPSA) is 87.9 Å². The van der Waals surface area contributed by atoms with E-state index in [4.69, 9.17) is 0 Å². The normalized spacial score (nSPS) is 21.1. The van der Waals surface area contributed by atoms with Crippen molar-refractivity contribution < 1.29 is 13.2 Å². The molecule has 2 fully saturated rings. The minimum atomic E-state index is -3.32. The summed E-state index contributed by atoms with van der Waals surface area (Å²) in [6, 6.07) is 4.07. The van der Waals surface area contributed by atoms with Gasteiger partial charge in [-0.25, -0.2) is 17.9 Å². The molecule has 4 heterocycles. The maximum absolute atomic E-state index is 12.2. The molecule has 0 unspecified atom stereocenters. The highest BCUT2D eigenvalue weighted by molar-refractivity contribution is 7.91. The summed E-state index contributed by atoms with van der Waals surface area (Å²) in [6.07, 6.45) is 7.29. The molecule has 146 valence electrons. The van der Waals surface area contributed by atoms with E-state index < -0.39 is 15.6 Å². The fraction of sp³-hybridized carbons (Fsp3) is 0.611. The monoisotopic (exact) mass is 391 g/mol. The Balaban J connectivity index is 1.52. The van der Waals surface area contributed by atoms with Gasteiger partial charge in [0.25, 0.3) is 0 Å². The summed E-state index contributed by atoms with van der Waals surface area (Å²) in [5.41, 5.74) is 1.96. The number of sulfone groups is 1. The van der Waals surface area contributed by atoms with Crippen LogP contribution < -0.4 is 4.90 Å². The zero-order chi connectivity index (χ0) is 19.0. The van der Waals surface area contributed by atoms with Crippen molar-refractivity contribution in [1.29, 1.82) is 0 Å². The summed E-state index contributed by atoms with van der Waals surface area (Å²) >= 11 is 0. The molecule has 9 heteroatoms. The summed E-state index contributed by atoms with van der Waals surface area (Å²) in [7, 11) is -3.32. The van der Waals surface area contributed by atoms with Crippen LogP contribution in [0.5, 0.6) is 0 Å². The number of carbonyl (C=O) groups is 1. The number of piperidine rings is 1. The molecule has 0 aromatic carbocycles. The van der Waals surface area contributed by atoms with Crippen molar-refractivity contribution in [1.82, 2.24) is 19.5 Å². The molecule has 2 saturated heterocycles. The van der Waals surface area contributed by atoms with Crippen LogP contribution >= 0.6 is 0 Å². The zero-order valence-corrected chi connectivity index (χ0v) is 16.4. The molecule has 0 aliphatic carbocycles. The van der Waals surface area contributed by atoms with E-state index >= 15 is 0 Å². The molecule has 2 aromatic rings. The van der Waals surface area contributed by atoms with Gasteiger partial charge in [-0.2, -0.15) is 5.10 Å². The summed E-state index contributed by atoms with van der Waals surface area (Å²) in [5.74, 6) is 0.00226. The third-order valence-electron chi connectivity index (χ3n) is 5.33. The van der Waals surface area contributed by atoms with Crippen molar-refractivity contribution in [2.24, 2.45) is 0 Å². The Labute approximate surface area is 159 Å². The second kappa shape index (κ2) is 7.10. The summed E-state index contributed by atoms with van der Waals surface area (Å²) in [5, 5.41) is 4.66. The van der Waals surface area contributed by atoms with E-state index in [9.17, 15) is 13.2 Å². The number of likely N-dealkylation sites (tertiary alicyclic amines) is 1. The fourth-order valence-electron chi connectivity index (χ4n) is 3.95. The predicted molar refractivity (Wildman–Crippen MR) is 103 cm³/mol. The standard InChI is InChI=1S/C18H25N5O3S/c1-27(25,26)13-17(24)22-10-4-5-14(11-22)18-19-16-7-6-15(12-23(16)20-18)21-8-2-3-9-21/h6-7,12,14H,2-5,8-11,13H2,1H3/t14-/m1/s1. The second-order valence-electron chi connectivity index (χ2n) is 7.60. The van der Waals surface area contributed by atoms with Gasteiger partial charge in [-0.1, -0.05) is 0 Å². The van der Waals surface area contributed by atoms with E-state index in [-0.39, 0.29) is 11.8 Å². The van der Waals surface area contributed by atoms with Gasteiger partial charge >= 0.3 is 0 Å². The van der Waals surface area contributed by atoms with Gasteiger partial charge in [-0.3, -0.25) is 4.79 Å². The number of hydrogen-bond acceptors (Lipinski definition) is 6. The lowest BCUT2D eigenvalue weighted by Crippen LogP contribution is -2.42. The van der Waals surface area contributed by atoms with Crippen LogP contribution in [0.4, 0.5) is 5.69 Å². The van der Waals surface area contributed by atoms with Gasteiger partial charge in [0, 0.05) is 38.4 Å². The lowest BCUT2D eigenvalue weighted by molar-refractivity contribution is -0.129. The number of hydrogen-bond donors (Lipinski definition) is 0. The van der Waals surface area contributed by atoms with Crippen molar-refractivity contribution in [3.05, 3.63) is 24.2 Å². The molecule has 2 aromatic heterocycles. The van der Waals surface area contributed by atoms with Crippen LogP contribution in [0.15, 0.2) is 18.3 Å². The Bertz CT molecular complexity index is 949. The van der Waals surface area contributed by atoms with E-state index in [0.717, 1.165) is 49.3 Å². The third-order valence-corrected chi connectivity index (χ3v) is 6.10. The van der Waals surface area contributed by atoms with Crippen LogP contribution in [-0.4, -0.2) is 72.0 Å². The van der Waals surface area contributed by atoms with E-state index in [0.29, 0.717) is 13.1 Å². The smallest absolute Gasteiger partial charge is 0.237 e. The first-order valence-electron chi connectivity index (χ1n) is 9.46. The van der Waals surface area contributed by atoms with Crippen molar-refractivity contribution in [3.63, 3.8) is 0 Å². The molecule has 1 atom stereocenters. The van der Waals surface area contributed by atoms with Crippen molar-refractivity contribution in [2.45, 2.75) is 31.6 Å². The van der Waals surface area contributed by atoms with Crippen LogP contribution in [0.25, 0.3) is 5.65 Å². The van der Waals surface area contributed by atoms with Crippen LogP contribution in [0.1, 0.15) is 37.4 Å². The number of pyridine rings is 1. The number of amides is 1. The van der Waals surface area contributed by atoms with Gasteiger partial charge in [0.05, 0.1) is 11.9 Å². The third kappa shape index (κ3) is 4.07. The first kappa shape index (κ1) is 18.2. The van der Waals surface area contributed by atoms with Gasteiger partial charge < -0.3 is 9.80 Å². The highest BCUT2D eigenvalue weighted by Gasteiger charge is 2.29. The van der Waals surface area contributed by atoms with Gasteiger partial charge in [-0.05, 0) is 37.8 Å². The summed E-state index contributed by atoms with van der Waals surface area (Å²) in [4.78, 5) is 20.9. The highest BCUT2D eigenvalue weighted by atomic mass is 32.2. The van der Waals surface area contributed by atoms with E-state index in [1.54, 1.807) is 4.90 Å². The molecular weight excluding hydrogens is 366 g/mol. The number of anilines is 1. The molecule has 1 amide bonds. The van der Waals surface area contributed by atoms with Crippen LogP contribution in [-0.2, 0) is 14.6 Å². The molecule has 0 saturated carbocycles. The minimum Gasteiger partial charge on any atom is -0.370 e. The average Bonchev–Trinajstić information content (AvgIpc) is 3.29. The molecule has 8 nitrogen and oxygen atoms in total. The number of carbonyl (C=O) groups excluding carboxylic acids is 1. The number of aromatic nitrogens is 3. The summed E-state index contributed by atoms with van der Waals surface area (Å²) in [6.45, 7) is 3.22. The molecule has 0 spiro atoms. The second-order valence-corrected chi connectivity index (χ2v) is 9.74. The maximum atomic E-state index is 12.2. The quantitative estimate of drug-likeness (QED) is 0.775. The first-order valence-corrected chi connectivity index (χ1v) is 11.5. The Morgan fingerprint density at radius 1 is 1.19 bits per heavy atom. The largest absolute Gasteiger partial charge is 0.370 e. The van der Waals surface area contributed by atoms with Gasteiger partial charge in [0.2, 0.25) is 5.91 Å². The van der Waals surface area contributed by atoms with E-state index in [2.05, 4.69) is 21.0 Å². The number of rotatable bonds is 4. The van der Waals surface area contributed by atoms with Gasteiger partial charge in [-0.15, -0.1) is 0 Å². The van der Waals surface area contributed by atoms with Crippen LogP contribution in [0.2, 0.25) is 0 Å². The molecule has 2 aliphatic heterocycles. The number of nitrogens with zero attached hydrogens (tertiary/aromatic N) is 5. The Hall–Kier alpha value is -2.16. The molecule has 0 bridgehead atoms. The SMILES string of the molecule is CS(=O)(=O)CC(=O)N1CCC[C@@H](c2nc3ccc(N4CCCC4)cn3n2)C1. The molecule has 0 N–H and O–H groups in total. The molecule has 27 heavy (non-hydrogen) atoms. The van der Waals surface area contributed by atoms with E-state index in [1.807, 2.05) is 16.8 Å². The molecule has 0 radical (unpaired) electrons. The average molecular weight is 391 g/mol. The minimum absolute atomic E-state index is 0.0393. The molecule has 2 aliphatic rings. The fourth-order valence-corrected chi connectivity index (χ4v) is 4.59. The highest BCUT2D eigenvalue weighted by Crippen LogP contribution is 2.26. The lowest BCUT2D eigenvalue weighted by atomic mass is 9.97. The van der Waals surface area contributed by atoms with Gasteiger partial charge in [0.15, 0.2) is 21.3 Å². The van der Waals surface area contributed by atoms with Crippen molar-refractivity contribution >= 4 is 27.1 Å². The Morgan fingerprint density at radius 2 is 1.96 bits per heavy atom. The predicted octanol–water partition coefficient (Wildman–Crippen LogP) is 1.08.